The van der Waals surface area contributed by atoms with Crippen molar-refractivity contribution in [3.05, 3.63) is 105 Å². The number of ether oxygens (including phenoxy) is 7. The van der Waals surface area contributed by atoms with E-state index < -0.39 is 84.2 Å². The number of likely N-dealkylation sites (N-methyl/N-ethyl adjacent to an activating group) is 1. The zero-order chi connectivity index (χ0) is 43.9. The summed E-state index contributed by atoms with van der Waals surface area (Å²) in [5.74, 6) is -2.92. The fraction of sp³-hybridized carbons (Fsp3) is 0.372. The van der Waals surface area contributed by atoms with Crippen LogP contribution in [0, 0.1) is 0 Å². The predicted octanol–water partition coefficient (Wildman–Crippen LogP) is 5.03. The highest BCUT2D eigenvalue weighted by molar-refractivity contribution is 6.34. The van der Waals surface area contributed by atoms with E-state index in [1.807, 2.05) is 0 Å². The molecule has 16 nitrogen and oxygen atoms in total. The van der Waals surface area contributed by atoms with Crippen molar-refractivity contribution in [1.82, 2.24) is 4.90 Å². The first-order chi connectivity index (χ1) is 28.8. The van der Waals surface area contributed by atoms with Gasteiger partial charge in [-0.2, -0.15) is 0 Å². The number of phenolic OH excluding ortho intramolecular Hbond substituents is 1. The number of methoxy groups -OCH3 is 1. The van der Waals surface area contributed by atoms with Crippen LogP contribution in [0.2, 0.25) is 10.0 Å². The standard InChI is InChI=1S/C43H43Cl2N3O13/c1-18-39(53)47-33-23(14-20(55-6)15-28(33)57-18)40(54)58-29-17-56-30(50)16-26(46)19-12-25(44)36(27(49)13-19)59-38-22-10-9-21(29)32(45)31(22)24-8-7-11-43(24,38)61-41-35(52)34(51)37(48(4)5)42(2,3)60-41/h7-15,26,29,34-35,37-38,41,49,51-52H,1,16-17,46H2,2-6H3,(H,47,53)/t26-,29-,34?,35?,37?,38+,41?,43+/m0/s1. The molecule has 8 atom stereocenters. The zero-order valence-electron chi connectivity index (χ0n) is 33.6. The van der Waals surface area contributed by atoms with Gasteiger partial charge in [0.2, 0.25) is 0 Å². The molecule has 3 aromatic rings. The number of carbonyl (C=O) groups is 3. The van der Waals surface area contributed by atoms with E-state index in [2.05, 4.69) is 11.9 Å². The van der Waals surface area contributed by atoms with Crippen LogP contribution in [0.5, 0.6) is 23.0 Å². The van der Waals surface area contributed by atoms with E-state index in [0.717, 1.165) is 0 Å². The molecule has 0 radical (unpaired) electrons. The predicted molar refractivity (Wildman–Crippen MR) is 219 cm³/mol. The highest BCUT2D eigenvalue weighted by Crippen LogP contribution is 2.59. The summed E-state index contributed by atoms with van der Waals surface area (Å²) < 4.78 is 42.6. The Hall–Kier alpha value is -5.17. The number of rotatable bonds is 6. The van der Waals surface area contributed by atoms with Gasteiger partial charge < -0.3 is 64.4 Å². The Bertz CT molecular complexity index is 2410. The van der Waals surface area contributed by atoms with Crippen LogP contribution < -0.4 is 25.3 Å². The molecular formula is C43H43Cl2N3O13. The van der Waals surface area contributed by atoms with Crippen LogP contribution in [-0.4, -0.2) is 102 Å². The lowest BCUT2D eigenvalue weighted by Crippen LogP contribution is -2.67. The molecule has 61 heavy (non-hydrogen) atoms. The Kier molecular flexibility index (Phi) is 10.9. The Labute approximate surface area is 359 Å². The maximum absolute atomic E-state index is 14.2. The summed E-state index contributed by atoms with van der Waals surface area (Å²) in [5.41, 5.74) is 5.25. The number of nitrogens with two attached hydrogens (primary N) is 1. The lowest BCUT2D eigenvalue weighted by atomic mass is 9.86. The monoisotopic (exact) mass is 879 g/mol. The molecule has 1 saturated heterocycles. The van der Waals surface area contributed by atoms with E-state index in [1.54, 1.807) is 63.2 Å². The maximum Gasteiger partial charge on any atom is 0.341 e. The SMILES string of the molecule is C=C1Oc2cc(OC)cc(C(=O)O[C@H]3COC(=O)C[C@H](N)c4cc(O)c(c(Cl)c4)O[C@@H]4c5ccc3c(Cl)c5C3=CC=C[C@@]34OC3OC(C)(C)C(N(C)C)C(O)C3O)c2NC1=O. The van der Waals surface area contributed by atoms with E-state index in [0.29, 0.717) is 16.7 Å². The molecule has 6 bridgehead atoms. The molecule has 11 rings (SSSR count). The smallest absolute Gasteiger partial charge is 0.341 e. The number of esters is 2. The molecule has 6 heterocycles. The first-order valence-corrected chi connectivity index (χ1v) is 19.9. The number of anilines is 1. The zero-order valence-corrected chi connectivity index (χ0v) is 35.1. The molecule has 18 heteroatoms. The topological polar surface area (TPSA) is 218 Å². The average molecular weight is 881 g/mol. The molecule has 2 aliphatic carbocycles. The molecule has 1 fully saturated rings. The number of phenols is 1. The molecule has 3 aromatic carbocycles. The van der Waals surface area contributed by atoms with E-state index in [-0.39, 0.29) is 61.9 Å². The first-order valence-electron chi connectivity index (χ1n) is 19.2. The number of nitrogens with one attached hydrogen (secondary N) is 1. The van der Waals surface area contributed by atoms with Crippen LogP contribution in [0.4, 0.5) is 5.69 Å². The van der Waals surface area contributed by atoms with Gasteiger partial charge in [-0.25, -0.2) is 4.79 Å². The van der Waals surface area contributed by atoms with Crippen molar-refractivity contribution in [2.24, 2.45) is 5.73 Å². The van der Waals surface area contributed by atoms with Crippen LogP contribution >= 0.6 is 23.2 Å². The van der Waals surface area contributed by atoms with Gasteiger partial charge in [-0.1, -0.05) is 54.1 Å². The van der Waals surface area contributed by atoms with Gasteiger partial charge in [-0.05, 0) is 57.8 Å². The van der Waals surface area contributed by atoms with Gasteiger partial charge in [-0.3, -0.25) is 9.59 Å². The highest BCUT2D eigenvalue weighted by Gasteiger charge is 2.59. The Balaban J connectivity index is 1.26. The first kappa shape index (κ1) is 42.5. The van der Waals surface area contributed by atoms with Crippen LogP contribution in [0.25, 0.3) is 5.57 Å². The number of amides is 1. The fourth-order valence-electron chi connectivity index (χ4n) is 8.71. The number of hydrogen-bond acceptors (Lipinski definition) is 15. The van der Waals surface area contributed by atoms with E-state index in [9.17, 15) is 29.7 Å². The number of halogens is 2. The molecule has 6 aliphatic heterocycles. The third-order valence-corrected chi connectivity index (χ3v) is 12.2. The molecule has 322 valence electrons. The highest BCUT2D eigenvalue weighted by atomic mass is 35.5. The number of carbonyl (C=O) groups excluding carboxylic acids is 3. The number of hydrogen-bond donors (Lipinski definition) is 5. The summed E-state index contributed by atoms with van der Waals surface area (Å²) in [5, 5.41) is 36.9. The minimum Gasteiger partial charge on any atom is -0.504 e. The Morgan fingerprint density at radius 3 is 2.52 bits per heavy atom. The van der Waals surface area contributed by atoms with Crippen LogP contribution in [0.15, 0.2) is 67.0 Å². The summed E-state index contributed by atoms with van der Waals surface area (Å²) in [7, 11) is 4.90. The van der Waals surface area contributed by atoms with E-state index >= 15 is 0 Å². The van der Waals surface area contributed by atoms with Crippen molar-refractivity contribution in [3.8, 4) is 23.0 Å². The molecule has 0 spiro atoms. The van der Waals surface area contributed by atoms with Crippen LogP contribution in [0.1, 0.15) is 71.1 Å². The van der Waals surface area contributed by atoms with Crippen LogP contribution in [-0.2, 0) is 28.5 Å². The van der Waals surface area contributed by atoms with Crippen LogP contribution in [0.3, 0.4) is 0 Å². The minimum atomic E-state index is -1.64. The number of aliphatic hydroxyl groups excluding tert-OH is 2. The van der Waals surface area contributed by atoms with Crippen molar-refractivity contribution >= 4 is 52.3 Å². The van der Waals surface area contributed by atoms with E-state index in [1.165, 1.54) is 31.4 Å². The van der Waals surface area contributed by atoms with Gasteiger partial charge in [-0.15, -0.1) is 0 Å². The average Bonchev–Trinajstić information content (AvgIpc) is 3.71. The lowest BCUT2D eigenvalue weighted by Gasteiger charge is -2.51. The molecule has 0 saturated carbocycles. The quantitative estimate of drug-likeness (QED) is 0.162. The summed E-state index contributed by atoms with van der Waals surface area (Å²) >= 11 is 14.1. The second-order valence-electron chi connectivity index (χ2n) is 16.0. The molecule has 6 N–H and O–H groups in total. The number of fused-ring (bicyclic) bond motifs is 2. The normalized spacial score (nSPS) is 28.7. The molecule has 4 unspecified atom stereocenters. The van der Waals surface area contributed by atoms with Gasteiger partial charge >= 0.3 is 11.9 Å². The molecule has 8 aliphatic rings. The largest absolute Gasteiger partial charge is 0.504 e. The van der Waals surface area contributed by atoms with Crippen molar-refractivity contribution in [3.63, 3.8) is 0 Å². The van der Waals surface area contributed by atoms with Crippen molar-refractivity contribution < 1.29 is 62.9 Å². The van der Waals surface area contributed by atoms with Gasteiger partial charge in [0, 0.05) is 34.4 Å². The van der Waals surface area contributed by atoms with Crippen molar-refractivity contribution in [2.45, 2.75) is 74.3 Å². The Morgan fingerprint density at radius 2 is 1.82 bits per heavy atom. The van der Waals surface area contributed by atoms with Gasteiger partial charge in [0.1, 0.15) is 24.6 Å². The van der Waals surface area contributed by atoms with Gasteiger partial charge in [0.15, 0.2) is 47.1 Å². The third-order valence-electron chi connectivity index (χ3n) is 11.5. The number of aromatic hydroxyl groups is 1. The molecule has 1 amide bonds. The minimum absolute atomic E-state index is 0.00606. The summed E-state index contributed by atoms with van der Waals surface area (Å²) in [6.45, 7) is 6.58. The number of benzene rings is 3. The number of aliphatic hydroxyl groups is 2. The van der Waals surface area contributed by atoms with Gasteiger partial charge in [0.05, 0.1) is 46.5 Å². The van der Waals surface area contributed by atoms with Crippen molar-refractivity contribution in [2.75, 3.05) is 33.1 Å². The van der Waals surface area contributed by atoms with E-state index in [4.69, 9.17) is 62.1 Å². The number of nitrogens with zero attached hydrogens (tertiary/aromatic N) is 1. The summed E-state index contributed by atoms with van der Waals surface area (Å²) in [6.07, 6.45) is -2.14. The maximum atomic E-state index is 14.2. The Morgan fingerprint density at radius 1 is 1.08 bits per heavy atom. The molecule has 0 aromatic heterocycles. The third kappa shape index (κ3) is 7.20. The summed E-state index contributed by atoms with van der Waals surface area (Å²) in [4.78, 5) is 41.9. The second-order valence-corrected chi connectivity index (χ2v) is 16.8. The molecular weight excluding hydrogens is 837 g/mol. The number of allylic oxidation sites excluding steroid dienone is 2. The summed E-state index contributed by atoms with van der Waals surface area (Å²) in [6, 6.07) is 7.15. The lowest BCUT2D eigenvalue weighted by molar-refractivity contribution is -0.329. The van der Waals surface area contributed by atoms with Gasteiger partial charge in [0.25, 0.3) is 5.91 Å². The fourth-order valence-corrected chi connectivity index (χ4v) is 9.38. The second kappa shape index (κ2) is 15.6. The van der Waals surface area contributed by atoms with Crippen molar-refractivity contribution in [1.29, 1.82) is 0 Å².